The summed E-state index contributed by atoms with van der Waals surface area (Å²) < 4.78 is 19.6. The van der Waals surface area contributed by atoms with Crippen molar-refractivity contribution in [2.75, 3.05) is 13.2 Å². The van der Waals surface area contributed by atoms with Gasteiger partial charge >= 0.3 is 0 Å². The number of carbonyl (C=O) groups is 2. The average molecular weight is 554 g/mol. The van der Waals surface area contributed by atoms with Crippen molar-refractivity contribution in [1.29, 1.82) is 0 Å². The van der Waals surface area contributed by atoms with E-state index >= 15 is 0 Å². The highest BCUT2D eigenvalue weighted by molar-refractivity contribution is 7.12. The molecule has 6 rings (SSSR count). The van der Waals surface area contributed by atoms with E-state index in [-0.39, 0.29) is 30.3 Å². The Morgan fingerprint density at radius 2 is 1.85 bits per heavy atom. The molecule has 0 radical (unpaired) electrons. The first kappa shape index (κ1) is 26.0. The molecule has 3 aromatic carbocycles. The smallest absolute Gasteiger partial charge is 0.281 e. The maximum atomic E-state index is 13.6. The number of aryl methyl sites for hydroxylation is 1. The normalized spacial score (nSPS) is 16.6. The summed E-state index contributed by atoms with van der Waals surface area (Å²) in [5, 5.41) is 8.08. The van der Waals surface area contributed by atoms with E-state index in [1.165, 1.54) is 22.7 Å². The highest BCUT2D eigenvalue weighted by atomic mass is 32.1. The van der Waals surface area contributed by atoms with Crippen LogP contribution in [0.25, 0.3) is 0 Å². The molecular weight excluding hydrogens is 525 g/mol. The van der Waals surface area contributed by atoms with Crippen LogP contribution in [0.3, 0.4) is 0 Å². The zero-order chi connectivity index (χ0) is 27.6. The van der Waals surface area contributed by atoms with Gasteiger partial charge in [-0.05, 0) is 60.2 Å². The Labute approximate surface area is 236 Å². The number of thiophene rings is 1. The van der Waals surface area contributed by atoms with E-state index in [1.54, 1.807) is 35.6 Å². The highest BCUT2D eigenvalue weighted by Crippen LogP contribution is 2.34. The molecule has 2 amide bonds. The van der Waals surface area contributed by atoms with Gasteiger partial charge in [0.25, 0.3) is 11.8 Å². The first-order chi connectivity index (χ1) is 19.5. The number of rotatable bonds is 7. The van der Waals surface area contributed by atoms with Crippen LogP contribution in [0.2, 0.25) is 0 Å². The summed E-state index contributed by atoms with van der Waals surface area (Å²) in [6, 6.07) is 23.4. The molecule has 3 heterocycles. The number of benzene rings is 3. The standard InChI is InChI=1S/C32H28FN3O3S/c1-21-7-9-22(10-8-21)19-35-16-15-25-26(32(35)38)4-2-5-29(25)39-20-31(37)36-28(23-11-13-24(33)14-12-23)18-27(34-36)30-6-3-17-40-30/h2-14,17,28H,15-16,18-20H2,1H3/t28-/m0/s1. The van der Waals surface area contributed by atoms with Crippen LogP contribution in [0.4, 0.5) is 4.39 Å². The van der Waals surface area contributed by atoms with E-state index < -0.39 is 0 Å². The molecule has 6 nitrogen and oxygen atoms in total. The summed E-state index contributed by atoms with van der Waals surface area (Å²) in [5.41, 5.74) is 5.31. The first-order valence-electron chi connectivity index (χ1n) is 13.2. The lowest BCUT2D eigenvalue weighted by Gasteiger charge is -2.30. The molecule has 0 N–H and O–H groups in total. The van der Waals surface area contributed by atoms with Crippen molar-refractivity contribution in [3.8, 4) is 5.75 Å². The first-order valence-corrected chi connectivity index (χ1v) is 14.1. The molecule has 0 saturated carbocycles. The molecule has 0 fully saturated rings. The van der Waals surface area contributed by atoms with Gasteiger partial charge in [0.15, 0.2) is 6.61 Å². The fourth-order valence-corrected chi connectivity index (χ4v) is 5.95. The van der Waals surface area contributed by atoms with Gasteiger partial charge in [0, 0.05) is 30.6 Å². The predicted molar refractivity (Wildman–Crippen MR) is 153 cm³/mol. The molecule has 0 bridgehead atoms. The van der Waals surface area contributed by atoms with Crippen LogP contribution in [0.15, 0.2) is 89.3 Å². The number of halogens is 1. The minimum atomic E-state index is -0.351. The van der Waals surface area contributed by atoms with Gasteiger partial charge in [0.1, 0.15) is 11.6 Å². The van der Waals surface area contributed by atoms with E-state index in [1.807, 2.05) is 47.5 Å². The van der Waals surface area contributed by atoms with Crippen molar-refractivity contribution in [3.63, 3.8) is 0 Å². The molecule has 2 aliphatic heterocycles. The topological polar surface area (TPSA) is 62.2 Å². The molecule has 4 aromatic rings. The summed E-state index contributed by atoms with van der Waals surface area (Å²) >= 11 is 1.56. The largest absolute Gasteiger partial charge is 0.483 e. The fraction of sp³-hybridized carbons (Fsp3) is 0.219. The molecule has 202 valence electrons. The highest BCUT2D eigenvalue weighted by Gasteiger charge is 2.34. The summed E-state index contributed by atoms with van der Waals surface area (Å²) in [5.74, 6) is -0.140. The second-order valence-corrected chi connectivity index (χ2v) is 11.0. The number of fused-ring (bicyclic) bond motifs is 1. The van der Waals surface area contributed by atoms with Crippen molar-refractivity contribution in [3.05, 3.63) is 123 Å². The summed E-state index contributed by atoms with van der Waals surface area (Å²) in [6.45, 7) is 2.93. The Balaban J connectivity index is 1.18. The number of amides is 2. The number of carbonyl (C=O) groups excluding carboxylic acids is 2. The van der Waals surface area contributed by atoms with Crippen LogP contribution in [0.5, 0.6) is 5.75 Å². The zero-order valence-electron chi connectivity index (χ0n) is 22.0. The Hall–Kier alpha value is -4.30. The van der Waals surface area contributed by atoms with Gasteiger partial charge in [-0.3, -0.25) is 9.59 Å². The molecule has 0 unspecified atom stereocenters. The number of hydrogen-bond acceptors (Lipinski definition) is 5. The molecule has 1 atom stereocenters. The van der Waals surface area contributed by atoms with Crippen LogP contribution in [0.1, 0.15) is 50.0 Å². The molecular formula is C32H28FN3O3S. The van der Waals surface area contributed by atoms with Crippen molar-refractivity contribution in [2.45, 2.75) is 32.4 Å². The van der Waals surface area contributed by atoms with Crippen LogP contribution < -0.4 is 4.74 Å². The van der Waals surface area contributed by atoms with Crippen LogP contribution in [0, 0.1) is 12.7 Å². The molecule has 8 heteroatoms. The Bertz CT molecular complexity index is 1570. The van der Waals surface area contributed by atoms with Gasteiger partial charge in [0.05, 0.1) is 16.6 Å². The van der Waals surface area contributed by atoms with E-state index in [0.29, 0.717) is 37.2 Å². The van der Waals surface area contributed by atoms with Gasteiger partial charge in [-0.2, -0.15) is 5.10 Å². The lowest BCUT2D eigenvalue weighted by Crippen LogP contribution is -2.37. The predicted octanol–water partition coefficient (Wildman–Crippen LogP) is 6.15. The minimum Gasteiger partial charge on any atom is -0.483 e. The average Bonchev–Trinajstić information content (AvgIpc) is 3.66. The summed E-state index contributed by atoms with van der Waals surface area (Å²) in [4.78, 5) is 29.6. The second kappa shape index (κ2) is 11.1. The van der Waals surface area contributed by atoms with Crippen molar-refractivity contribution < 1.29 is 18.7 Å². The molecule has 0 aliphatic carbocycles. The number of nitrogens with zero attached hydrogens (tertiary/aromatic N) is 3. The van der Waals surface area contributed by atoms with Gasteiger partial charge < -0.3 is 9.64 Å². The monoisotopic (exact) mass is 553 g/mol. The molecule has 40 heavy (non-hydrogen) atoms. The lowest BCUT2D eigenvalue weighted by molar-refractivity contribution is -0.135. The second-order valence-electron chi connectivity index (χ2n) is 10.1. The molecule has 1 aromatic heterocycles. The molecule has 0 saturated heterocycles. The van der Waals surface area contributed by atoms with E-state index in [9.17, 15) is 14.0 Å². The van der Waals surface area contributed by atoms with Crippen LogP contribution in [-0.2, 0) is 17.8 Å². The van der Waals surface area contributed by atoms with Crippen LogP contribution in [-0.4, -0.2) is 40.6 Å². The van der Waals surface area contributed by atoms with Gasteiger partial charge in [0.2, 0.25) is 0 Å². The zero-order valence-corrected chi connectivity index (χ0v) is 22.9. The fourth-order valence-electron chi connectivity index (χ4n) is 5.22. The van der Waals surface area contributed by atoms with E-state index in [2.05, 4.69) is 17.2 Å². The van der Waals surface area contributed by atoms with Crippen molar-refractivity contribution >= 4 is 28.9 Å². The Morgan fingerprint density at radius 3 is 2.60 bits per heavy atom. The lowest BCUT2D eigenvalue weighted by atomic mass is 9.97. The third-order valence-electron chi connectivity index (χ3n) is 7.35. The summed E-state index contributed by atoms with van der Waals surface area (Å²) in [7, 11) is 0. The third kappa shape index (κ3) is 5.27. The number of hydrogen-bond donors (Lipinski definition) is 0. The summed E-state index contributed by atoms with van der Waals surface area (Å²) in [6.07, 6.45) is 1.17. The quantitative estimate of drug-likeness (QED) is 0.276. The third-order valence-corrected chi connectivity index (χ3v) is 8.27. The molecule has 0 spiro atoms. The molecule has 2 aliphatic rings. The van der Waals surface area contributed by atoms with Gasteiger partial charge in [-0.15, -0.1) is 11.3 Å². The minimum absolute atomic E-state index is 0.0419. The Morgan fingerprint density at radius 1 is 1.05 bits per heavy atom. The Kier molecular flexibility index (Phi) is 7.17. The number of hydrazone groups is 1. The maximum Gasteiger partial charge on any atom is 0.281 e. The van der Waals surface area contributed by atoms with Crippen molar-refractivity contribution in [1.82, 2.24) is 9.91 Å². The van der Waals surface area contributed by atoms with Gasteiger partial charge in [-0.25, -0.2) is 9.40 Å². The number of ether oxygens (including phenoxy) is 1. The van der Waals surface area contributed by atoms with E-state index in [4.69, 9.17) is 4.74 Å². The maximum absolute atomic E-state index is 13.6. The van der Waals surface area contributed by atoms with E-state index in [0.717, 1.165) is 27.3 Å². The van der Waals surface area contributed by atoms with Gasteiger partial charge in [-0.1, -0.05) is 54.1 Å². The van der Waals surface area contributed by atoms with Crippen molar-refractivity contribution in [2.24, 2.45) is 5.10 Å². The SMILES string of the molecule is Cc1ccc(CN2CCc3c(OCC(=O)N4N=C(c5cccs5)C[C@H]4c4ccc(F)cc4)cccc3C2=O)cc1. The van der Waals surface area contributed by atoms with Crippen LogP contribution >= 0.6 is 11.3 Å².